The molecule has 0 saturated carbocycles. The molecular weight excluding hydrogens is 322 g/mol. The smallest absolute Gasteiger partial charge is 0.237 e. The summed E-state index contributed by atoms with van der Waals surface area (Å²) in [5.74, 6) is -0.288. The summed E-state index contributed by atoms with van der Waals surface area (Å²) in [6, 6.07) is 6.90. The van der Waals surface area contributed by atoms with Crippen LogP contribution in [0.3, 0.4) is 0 Å². The Balaban J connectivity index is 1.91. The summed E-state index contributed by atoms with van der Waals surface area (Å²) in [5, 5.41) is 13.1. The molecule has 1 aromatic heterocycles. The lowest BCUT2D eigenvalue weighted by Gasteiger charge is -2.10. The van der Waals surface area contributed by atoms with Gasteiger partial charge < -0.3 is 16.4 Å². The molecule has 1 aromatic carbocycles. The third-order valence-electron chi connectivity index (χ3n) is 2.54. The topological polar surface area (TPSA) is 110 Å². The number of aromatic nitrogens is 2. The van der Waals surface area contributed by atoms with Crippen LogP contribution >= 0.6 is 23.1 Å². The van der Waals surface area contributed by atoms with E-state index in [-0.39, 0.29) is 17.1 Å². The number of nitrogens with two attached hydrogens (primary N) is 1. The van der Waals surface area contributed by atoms with E-state index in [0.29, 0.717) is 20.8 Å². The second kappa shape index (κ2) is 7.23. The monoisotopic (exact) mass is 337 g/mol. The molecule has 0 fully saturated rings. The first-order valence-corrected chi connectivity index (χ1v) is 8.08. The van der Waals surface area contributed by atoms with E-state index in [9.17, 15) is 9.59 Å². The number of amides is 2. The Kier molecular flexibility index (Phi) is 5.34. The Labute approximate surface area is 135 Å². The zero-order valence-corrected chi connectivity index (χ0v) is 13.6. The Morgan fingerprint density at radius 2 is 1.77 bits per heavy atom. The van der Waals surface area contributed by atoms with E-state index >= 15 is 0 Å². The van der Waals surface area contributed by atoms with Crippen molar-refractivity contribution in [2.24, 2.45) is 0 Å². The number of benzene rings is 1. The number of anilines is 3. The van der Waals surface area contributed by atoms with Gasteiger partial charge in [-0.1, -0.05) is 23.1 Å². The summed E-state index contributed by atoms with van der Waals surface area (Å²) in [7, 11) is 0. The van der Waals surface area contributed by atoms with Crippen molar-refractivity contribution in [3.05, 3.63) is 24.3 Å². The highest BCUT2D eigenvalue weighted by Crippen LogP contribution is 2.28. The number of hydrogen-bond acceptors (Lipinski definition) is 7. The SMILES string of the molecule is CC(=O)Nc1ccc(NC(=O)C(C)Sc2nnc(N)s2)cc1. The molecule has 0 radical (unpaired) electrons. The van der Waals surface area contributed by atoms with Crippen LogP contribution in [-0.4, -0.2) is 27.3 Å². The summed E-state index contributed by atoms with van der Waals surface area (Å²) >= 11 is 2.54. The van der Waals surface area contributed by atoms with Crippen molar-refractivity contribution < 1.29 is 9.59 Å². The van der Waals surface area contributed by atoms with Crippen LogP contribution in [0.2, 0.25) is 0 Å². The van der Waals surface area contributed by atoms with Crippen LogP contribution in [0, 0.1) is 0 Å². The molecule has 0 aliphatic rings. The van der Waals surface area contributed by atoms with Gasteiger partial charge in [0.1, 0.15) is 0 Å². The molecule has 1 unspecified atom stereocenters. The Hall–Kier alpha value is -2.13. The van der Waals surface area contributed by atoms with Crippen molar-refractivity contribution in [2.75, 3.05) is 16.4 Å². The molecule has 9 heteroatoms. The number of thioether (sulfide) groups is 1. The van der Waals surface area contributed by atoms with Gasteiger partial charge in [-0.05, 0) is 31.2 Å². The molecule has 0 spiro atoms. The molecule has 7 nitrogen and oxygen atoms in total. The average molecular weight is 337 g/mol. The Morgan fingerprint density at radius 3 is 2.27 bits per heavy atom. The van der Waals surface area contributed by atoms with Crippen molar-refractivity contribution in [1.82, 2.24) is 10.2 Å². The van der Waals surface area contributed by atoms with E-state index < -0.39 is 0 Å². The van der Waals surface area contributed by atoms with Gasteiger partial charge in [-0.3, -0.25) is 9.59 Å². The molecule has 1 atom stereocenters. The zero-order valence-electron chi connectivity index (χ0n) is 12.0. The maximum absolute atomic E-state index is 12.1. The Bertz CT molecular complexity index is 671. The fourth-order valence-electron chi connectivity index (χ4n) is 1.56. The van der Waals surface area contributed by atoms with E-state index in [1.165, 1.54) is 30.0 Å². The quantitative estimate of drug-likeness (QED) is 0.722. The van der Waals surface area contributed by atoms with Crippen molar-refractivity contribution >= 4 is 51.4 Å². The molecular formula is C13H15N5O2S2. The summed E-state index contributed by atoms with van der Waals surface area (Å²) in [6.45, 7) is 3.22. The molecule has 22 heavy (non-hydrogen) atoms. The number of nitrogens with one attached hydrogen (secondary N) is 2. The second-order valence-electron chi connectivity index (χ2n) is 4.41. The molecule has 0 saturated heterocycles. The van der Waals surface area contributed by atoms with Crippen LogP contribution in [0.15, 0.2) is 28.6 Å². The molecule has 0 aliphatic carbocycles. The van der Waals surface area contributed by atoms with E-state index in [1.54, 1.807) is 31.2 Å². The highest BCUT2D eigenvalue weighted by atomic mass is 32.2. The molecule has 1 heterocycles. The predicted octanol–water partition coefficient (Wildman–Crippen LogP) is 2.20. The van der Waals surface area contributed by atoms with E-state index in [2.05, 4.69) is 20.8 Å². The van der Waals surface area contributed by atoms with Gasteiger partial charge in [0.25, 0.3) is 0 Å². The molecule has 4 N–H and O–H groups in total. The van der Waals surface area contributed by atoms with Gasteiger partial charge in [-0.2, -0.15) is 0 Å². The fraction of sp³-hybridized carbons (Fsp3) is 0.231. The van der Waals surface area contributed by atoms with Crippen LogP contribution in [0.1, 0.15) is 13.8 Å². The minimum absolute atomic E-state index is 0.141. The van der Waals surface area contributed by atoms with Crippen LogP contribution in [-0.2, 0) is 9.59 Å². The summed E-state index contributed by atoms with van der Waals surface area (Å²) in [4.78, 5) is 23.0. The number of carbonyl (C=O) groups excluding carboxylic acids is 2. The maximum atomic E-state index is 12.1. The number of carbonyl (C=O) groups is 2. The summed E-state index contributed by atoms with van der Waals surface area (Å²) in [5.41, 5.74) is 6.84. The van der Waals surface area contributed by atoms with E-state index in [0.717, 1.165) is 0 Å². The number of rotatable bonds is 5. The van der Waals surface area contributed by atoms with Gasteiger partial charge in [0, 0.05) is 18.3 Å². The highest BCUT2D eigenvalue weighted by Gasteiger charge is 2.17. The predicted molar refractivity (Wildman–Crippen MR) is 89.0 cm³/mol. The number of hydrogen-bond donors (Lipinski definition) is 3. The number of nitrogen functional groups attached to an aromatic ring is 1. The third-order valence-corrected chi connectivity index (χ3v) is 4.48. The minimum Gasteiger partial charge on any atom is -0.374 e. The van der Waals surface area contributed by atoms with Crippen molar-refractivity contribution in [1.29, 1.82) is 0 Å². The molecule has 2 amide bonds. The van der Waals surface area contributed by atoms with Gasteiger partial charge >= 0.3 is 0 Å². The van der Waals surface area contributed by atoms with Gasteiger partial charge in [-0.25, -0.2) is 0 Å². The van der Waals surface area contributed by atoms with Gasteiger partial charge in [0.15, 0.2) is 4.34 Å². The molecule has 2 aromatic rings. The standard InChI is InChI=1S/C13H15N5O2S2/c1-7(21-13-18-17-12(14)22-13)11(20)16-10-5-3-9(4-6-10)15-8(2)19/h3-7H,1-2H3,(H2,14,17)(H,15,19)(H,16,20). The lowest BCUT2D eigenvalue weighted by molar-refractivity contribution is -0.115. The van der Waals surface area contributed by atoms with Crippen LogP contribution in [0.25, 0.3) is 0 Å². The maximum Gasteiger partial charge on any atom is 0.237 e. The van der Waals surface area contributed by atoms with E-state index in [1.807, 2.05) is 0 Å². The molecule has 2 rings (SSSR count). The average Bonchev–Trinajstić information content (AvgIpc) is 2.85. The first-order valence-electron chi connectivity index (χ1n) is 6.38. The highest BCUT2D eigenvalue weighted by molar-refractivity contribution is 8.02. The van der Waals surface area contributed by atoms with Crippen molar-refractivity contribution in [3.8, 4) is 0 Å². The molecule has 0 bridgehead atoms. The lowest BCUT2D eigenvalue weighted by Crippen LogP contribution is -2.22. The zero-order chi connectivity index (χ0) is 16.1. The minimum atomic E-state index is -0.331. The largest absolute Gasteiger partial charge is 0.374 e. The first kappa shape index (κ1) is 16.2. The van der Waals surface area contributed by atoms with Gasteiger partial charge in [-0.15, -0.1) is 10.2 Å². The summed E-state index contributed by atoms with van der Waals surface area (Å²) < 4.78 is 0.654. The molecule has 116 valence electrons. The van der Waals surface area contributed by atoms with Crippen LogP contribution in [0.4, 0.5) is 16.5 Å². The summed E-state index contributed by atoms with van der Waals surface area (Å²) in [6.07, 6.45) is 0. The second-order valence-corrected chi connectivity index (χ2v) is 7.01. The van der Waals surface area contributed by atoms with Crippen molar-refractivity contribution in [3.63, 3.8) is 0 Å². The van der Waals surface area contributed by atoms with Crippen molar-refractivity contribution in [2.45, 2.75) is 23.4 Å². The lowest BCUT2D eigenvalue weighted by atomic mass is 10.2. The fourth-order valence-corrected chi connectivity index (χ4v) is 3.34. The Morgan fingerprint density at radius 1 is 1.18 bits per heavy atom. The number of nitrogens with zero attached hydrogens (tertiary/aromatic N) is 2. The first-order chi connectivity index (χ1) is 10.4. The normalized spacial score (nSPS) is 11.7. The molecule has 0 aliphatic heterocycles. The van der Waals surface area contributed by atoms with Crippen LogP contribution in [0.5, 0.6) is 0 Å². The van der Waals surface area contributed by atoms with Gasteiger partial charge in [0.05, 0.1) is 5.25 Å². The third kappa shape index (κ3) is 4.71. The van der Waals surface area contributed by atoms with Crippen LogP contribution < -0.4 is 16.4 Å². The van der Waals surface area contributed by atoms with Gasteiger partial charge in [0.2, 0.25) is 16.9 Å². The van der Waals surface area contributed by atoms with E-state index in [4.69, 9.17) is 5.73 Å².